The number of ether oxygens (including phenoxy) is 2. The van der Waals surface area contributed by atoms with Crippen molar-refractivity contribution in [2.75, 3.05) is 52.5 Å². The monoisotopic (exact) mass is 382 g/mol. The van der Waals surface area contributed by atoms with Crippen molar-refractivity contribution in [3.05, 3.63) is 71.8 Å². The number of piperazine rings is 1. The standard InChI is InChI=1S/C23H30N2O3/c1-2-28-22(26)19-27-18-17-24-13-15-25(16-14-24)23(20-9-5-3-6-10-20)21-11-7-4-8-12-21/h3-12,23H,2,13-19H2,1H3. The fourth-order valence-electron chi connectivity index (χ4n) is 3.68. The highest BCUT2D eigenvalue weighted by molar-refractivity contribution is 5.70. The largest absolute Gasteiger partial charge is 0.464 e. The first-order valence-corrected chi connectivity index (χ1v) is 10.1. The molecular weight excluding hydrogens is 352 g/mol. The summed E-state index contributed by atoms with van der Waals surface area (Å²) in [5.41, 5.74) is 2.67. The van der Waals surface area contributed by atoms with Crippen molar-refractivity contribution in [3.63, 3.8) is 0 Å². The van der Waals surface area contributed by atoms with Gasteiger partial charge in [0, 0.05) is 32.7 Å². The number of hydrogen-bond acceptors (Lipinski definition) is 5. The Bertz CT molecular complexity index is 661. The van der Waals surface area contributed by atoms with E-state index in [-0.39, 0.29) is 18.6 Å². The minimum Gasteiger partial charge on any atom is -0.464 e. The summed E-state index contributed by atoms with van der Waals surface area (Å²) >= 11 is 0. The van der Waals surface area contributed by atoms with E-state index < -0.39 is 0 Å². The lowest BCUT2D eigenvalue weighted by atomic mass is 9.96. The van der Waals surface area contributed by atoms with Crippen LogP contribution in [0.5, 0.6) is 0 Å². The molecule has 28 heavy (non-hydrogen) atoms. The number of hydrogen-bond donors (Lipinski definition) is 0. The van der Waals surface area contributed by atoms with Crippen LogP contribution in [0.25, 0.3) is 0 Å². The Morgan fingerprint density at radius 1 is 0.929 bits per heavy atom. The molecule has 2 aromatic carbocycles. The van der Waals surface area contributed by atoms with E-state index in [9.17, 15) is 4.79 Å². The second-order valence-corrected chi connectivity index (χ2v) is 6.96. The molecule has 0 unspecified atom stereocenters. The molecule has 1 aliphatic rings. The molecule has 1 saturated heterocycles. The van der Waals surface area contributed by atoms with Crippen LogP contribution in [0.3, 0.4) is 0 Å². The molecule has 0 amide bonds. The lowest BCUT2D eigenvalue weighted by Gasteiger charge is -2.39. The van der Waals surface area contributed by atoms with E-state index in [1.165, 1.54) is 11.1 Å². The Morgan fingerprint density at radius 3 is 2.04 bits per heavy atom. The zero-order valence-electron chi connectivity index (χ0n) is 16.6. The van der Waals surface area contributed by atoms with Crippen molar-refractivity contribution in [1.29, 1.82) is 0 Å². The molecule has 150 valence electrons. The minimum absolute atomic E-state index is 0.0396. The molecule has 0 spiro atoms. The molecule has 2 aromatic rings. The molecule has 3 rings (SSSR count). The first kappa shape index (κ1) is 20.5. The second kappa shape index (κ2) is 11.0. The van der Waals surface area contributed by atoms with Gasteiger partial charge in [0.15, 0.2) is 0 Å². The van der Waals surface area contributed by atoms with Crippen molar-refractivity contribution in [3.8, 4) is 0 Å². The third-order valence-electron chi connectivity index (χ3n) is 5.08. The van der Waals surface area contributed by atoms with Crippen LogP contribution in [-0.4, -0.2) is 68.3 Å². The SMILES string of the molecule is CCOC(=O)COCCN1CCN(C(c2ccccc2)c2ccccc2)CC1. The van der Waals surface area contributed by atoms with Gasteiger partial charge in [-0.25, -0.2) is 4.79 Å². The fraction of sp³-hybridized carbons (Fsp3) is 0.435. The first-order chi connectivity index (χ1) is 13.8. The summed E-state index contributed by atoms with van der Waals surface area (Å²) in [4.78, 5) is 16.3. The molecule has 1 aliphatic heterocycles. The van der Waals surface area contributed by atoms with E-state index in [0.29, 0.717) is 13.2 Å². The van der Waals surface area contributed by atoms with Gasteiger partial charge in [-0.05, 0) is 18.1 Å². The summed E-state index contributed by atoms with van der Waals surface area (Å²) < 4.78 is 10.3. The highest BCUT2D eigenvalue weighted by atomic mass is 16.6. The molecule has 5 nitrogen and oxygen atoms in total. The van der Waals surface area contributed by atoms with E-state index in [1.807, 2.05) is 0 Å². The van der Waals surface area contributed by atoms with E-state index in [1.54, 1.807) is 6.92 Å². The number of nitrogens with zero attached hydrogens (tertiary/aromatic N) is 2. The zero-order chi connectivity index (χ0) is 19.6. The maximum atomic E-state index is 11.3. The van der Waals surface area contributed by atoms with Crippen LogP contribution in [0.15, 0.2) is 60.7 Å². The van der Waals surface area contributed by atoms with E-state index >= 15 is 0 Å². The van der Waals surface area contributed by atoms with Crippen LogP contribution in [0, 0.1) is 0 Å². The third kappa shape index (κ3) is 5.89. The fourth-order valence-corrected chi connectivity index (χ4v) is 3.68. The van der Waals surface area contributed by atoms with Gasteiger partial charge in [-0.15, -0.1) is 0 Å². The number of rotatable bonds is 9. The van der Waals surface area contributed by atoms with Crippen LogP contribution in [0.2, 0.25) is 0 Å². The van der Waals surface area contributed by atoms with Crippen molar-refractivity contribution in [2.45, 2.75) is 13.0 Å². The number of esters is 1. The molecular formula is C23H30N2O3. The molecule has 0 aliphatic carbocycles. The van der Waals surface area contributed by atoms with Gasteiger partial charge in [0.2, 0.25) is 0 Å². The van der Waals surface area contributed by atoms with E-state index in [0.717, 1.165) is 32.7 Å². The molecule has 0 atom stereocenters. The molecule has 0 bridgehead atoms. The predicted octanol–water partition coefficient (Wildman–Crippen LogP) is 2.97. The molecule has 0 radical (unpaired) electrons. The van der Waals surface area contributed by atoms with Crippen LogP contribution in [-0.2, 0) is 14.3 Å². The molecule has 0 N–H and O–H groups in total. The highest BCUT2D eigenvalue weighted by Gasteiger charge is 2.26. The average molecular weight is 383 g/mol. The molecule has 5 heteroatoms. The average Bonchev–Trinajstić information content (AvgIpc) is 2.74. The number of benzene rings is 2. The predicted molar refractivity (Wildman–Crippen MR) is 110 cm³/mol. The smallest absolute Gasteiger partial charge is 0.332 e. The lowest BCUT2D eigenvalue weighted by molar-refractivity contribution is -0.148. The first-order valence-electron chi connectivity index (χ1n) is 10.1. The maximum absolute atomic E-state index is 11.3. The van der Waals surface area contributed by atoms with Gasteiger partial charge in [0.25, 0.3) is 0 Å². The molecule has 0 saturated carbocycles. The highest BCUT2D eigenvalue weighted by Crippen LogP contribution is 2.29. The summed E-state index contributed by atoms with van der Waals surface area (Å²) in [6.07, 6.45) is 0. The Balaban J connectivity index is 1.52. The van der Waals surface area contributed by atoms with E-state index in [4.69, 9.17) is 9.47 Å². The van der Waals surface area contributed by atoms with Gasteiger partial charge < -0.3 is 9.47 Å². The van der Waals surface area contributed by atoms with Gasteiger partial charge in [-0.3, -0.25) is 9.80 Å². The van der Waals surface area contributed by atoms with Crippen LogP contribution >= 0.6 is 0 Å². The number of carbonyl (C=O) groups excluding carboxylic acids is 1. The van der Waals surface area contributed by atoms with Gasteiger partial charge >= 0.3 is 5.97 Å². The summed E-state index contributed by atoms with van der Waals surface area (Å²) in [5, 5.41) is 0. The minimum atomic E-state index is -0.291. The van der Waals surface area contributed by atoms with Crippen molar-refractivity contribution in [2.24, 2.45) is 0 Å². The van der Waals surface area contributed by atoms with Gasteiger partial charge in [-0.1, -0.05) is 60.7 Å². The Kier molecular flexibility index (Phi) is 8.03. The molecule has 0 aromatic heterocycles. The summed E-state index contributed by atoms with van der Waals surface area (Å²) in [6, 6.07) is 21.7. The van der Waals surface area contributed by atoms with Crippen LogP contribution in [0.4, 0.5) is 0 Å². The second-order valence-electron chi connectivity index (χ2n) is 6.96. The molecule has 1 fully saturated rings. The van der Waals surface area contributed by atoms with Crippen LogP contribution in [0.1, 0.15) is 24.1 Å². The Morgan fingerprint density at radius 2 is 1.50 bits per heavy atom. The lowest BCUT2D eigenvalue weighted by Crippen LogP contribution is -2.48. The van der Waals surface area contributed by atoms with Crippen molar-refractivity contribution in [1.82, 2.24) is 9.80 Å². The zero-order valence-corrected chi connectivity index (χ0v) is 16.6. The van der Waals surface area contributed by atoms with Gasteiger partial charge in [-0.2, -0.15) is 0 Å². The third-order valence-corrected chi connectivity index (χ3v) is 5.08. The normalized spacial score (nSPS) is 15.6. The Hall–Kier alpha value is -2.21. The summed E-state index contributed by atoms with van der Waals surface area (Å²) in [6.45, 7) is 7.65. The molecule has 1 heterocycles. The number of carbonyl (C=O) groups is 1. The van der Waals surface area contributed by atoms with Crippen molar-refractivity contribution >= 4 is 5.97 Å². The topological polar surface area (TPSA) is 42.0 Å². The van der Waals surface area contributed by atoms with Crippen LogP contribution < -0.4 is 0 Å². The maximum Gasteiger partial charge on any atom is 0.332 e. The summed E-state index contributed by atoms with van der Waals surface area (Å²) in [5.74, 6) is -0.291. The van der Waals surface area contributed by atoms with E-state index in [2.05, 4.69) is 70.5 Å². The quantitative estimate of drug-likeness (QED) is 0.493. The Labute approximate surface area is 167 Å². The van der Waals surface area contributed by atoms with Gasteiger partial charge in [0.1, 0.15) is 6.61 Å². The van der Waals surface area contributed by atoms with Gasteiger partial charge in [0.05, 0.1) is 19.3 Å². The van der Waals surface area contributed by atoms with Crippen molar-refractivity contribution < 1.29 is 14.3 Å². The summed E-state index contributed by atoms with van der Waals surface area (Å²) in [7, 11) is 0.